The molecule has 0 spiro atoms. The van der Waals surface area contributed by atoms with Gasteiger partial charge in [-0.15, -0.1) is 0 Å². The first-order valence-corrected chi connectivity index (χ1v) is 7.21. The normalized spacial score (nSPS) is 12.2. The molecule has 0 aliphatic rings. The quantitative estimate of drug-likeness (QED) is 0.457. The average Bonchev–Trinajstić information content (AvgIpc) is 2.37. The zero-order valence-corrected chi connectivity index (χ0v) is 11.2. The van der Waals surface area contributed by atoms with E-state index in [1.165, 1.54) is 6.07 Å². The van der Waals surface area contributed by atoms with Crippen LogP contribution in [0, 0.1) is 0 Å². The molecule has 5 heteroatoms. The molecule has 0 bridgehead atoms. The van der Waals surface area contributed by atoms with Crippen molar-refractivity contribution in [1.82, 2.24) is 0 Å². The van der Waals surface area contributed by atoms with E-state index >= 15 is 0 Å². The first-order chi connectivity index (χ1) is 8.97. The van der Waals surface area contributed by atoms with Crippen molar-refractivity contribution in [1.29, 1.82) is 0 Å². The van der Waals surface area contributed by atoms with E-state index in [-0.39, 0.29) is 19.9 Å². The van der Waals surface area contributed by atoms with Gasteiger partial charge in [-0.3, -0.25) is 0 Å². The van der Waals surface area contributed by atoms with Gasteiger partial charge in [-0.2, -0.15) is 0 Å². The van der Waals surface area contributed by atoms with Crippen molar-refractivity contribution in [2.75, 3.05) is 0 Å². The van der Waals surface area contributed by atoms with Crippen molar-refractivity contribution in [3.63, 3.8) is 0 Å². The SMILES string of the molecule is O=c1c2ccccc2[se]c2cc(C(F)(F)F)ccc12. The average molecular weight is 327 g/mol. The van der Waals surface area contributed by atoms with Gasteiger partial charge < -0.3 is 0 Å². The summed E-state index contributed by atoms with van der Waals surface area (Å²) in [5.74, 6) is 0. The van der Waals surface area contributed by atoms with Gasteiger partial charge in [0.05, 0.1) is 0 Å². The summed E-state index contributed by atoms with van der Waals surface area (Å²) < 4.78 is 39.4. The summed E-state index contributed by atoms with van der Waals surface area (Å²) in [4.78, 5) is 12.2. The molecular weight excluding hydrogens is 320 g/mol. The molecule has 1 aromatic heterocycles. The van der Waals surface area contributed by atoms with Crippen LogP contribution in [0.3, 0.4) is 0 Å². The number of alkyl halides is 3. The summed E-state index contributed by atoms with van der Waals surface area (Å²) in [6.07, 6.45) is -4.37. The van der Waals surface area contributed by atoms with Crippen molar-refractivity contribution in [3.05, 3.63) is 58.3 Å². The molecule has 0 radical (unpaired) electrons. The fourth-order valence-electron chi connectivity index (χ4n) is 1.98. The van der Waals surface area contributed by atoms with Gasteiger partial charge in [0.2, 0.25) is 0 Å². The summed E-state index contributed by atoms with van der Waals surface area (Å²) in [6.45, 7) is 0. The molecule has 0 unspecified atom stereocenters. The number of benzene rings is 2. The molecule has 2 aromatic carbocycles. The maximum absolute atomic E-state index is 12.7. The number of hydrogen-bond donors (Lipinski definition) is 0. The first-order valence-electron chi connectivity index (χ1n) is 5.49. The Morgan fingerprint density at radius 2 is 1.58 bits per heavy atom. The van der Waals surface area contributed by atoms with Crippen LogP contribution in [0.2, 0.25) is 0 Å². The maximum atomic E-state index is 12.7. The second-order valence-corrected chi connectivity index (χ2v) is 6.41. The number of halogens is 3. The Kier molecular flexibility index (Phi) is 2.77. The number of hydrogen-bond acceptors (Lipinski definition) is 1. The first kappa shape index (κ1) is 12.5. The Balaban J connectivity index is 2.42. The van der Waals surface area contributed by atoms with Gasteiger partial charge in [-0.05, 0) is 0 Å². The van der Waals surface area contributed by atoms with Gasteiger partial charge in [0.15, 0.2) is 0 Å². The standard InChI is InChI=1S/C14H7F3OSe/c15-14(16,17)8-5-6-10-12(7-8)19-11-4-2-1-3-9(11)13(10)18/h1-7H. The van der Waals surface area contributed by atoms with E-state index in [2.05, 4.69) is 0 Å². The van der Waals surface area contributed by atoms with Crippen LogP contribution in [-0.4, -0.2) is 14.5 Å². The van der Waals surface area contributed by atoms with E-state index in [1.807, 2.05) is 0 Å². The summed E-state index contributed by atoms with van der Waals surface area (Å²) in [5.41, 5.74) is -0.882. The molecule has 0 saturated heterocycles. The van der Waals surface area contributed by atoms with Gasteiger partial charge in [-0.1, -0.05) is 0 Å². The van der Waals surface area contributed by atoms with E-state index < -0.39 is 11.7 Å². The molecule has 1 nitrogen and oxygen atoms in total. The number of rotatable bonds is 0. The Hall–Kier alpha value is -1.58. The molecule has 0 fully saturated rings. The molecule has 3 rings (SSSR count). The predicted octanol–water partition coefficient (Wildman–Crippen LogP) is 3.43. The minimum absolute atomic E-state index is 0.188. The van der Waals surface area contributed by atoms with Crippen LogP contribution in [0.25, 0.3) is 19.3 Å². The van der Waals surface area contributed by atoms with E-state index in [4.69, 9.17) is 0 Å². The van der Waals surface area contributed by atoms with Crippen LogP contribution < -0.4 is 5.43 Å². The van der Waals surface area contributed by atoms with Gasteiger partial charge >= 0.3 is 111 Å². The summed E-state index contributed by atoms with van der Waals surface area (Å²) >= 11 is -0.263. The molecule has 0 aliphatic carbocycles. The molecule has 96 valence electrons. The topological polar surface area (TPSA) is 17.1 Å². The predicted molar refractivity (Wildman–Crippen MR) is 69.7 cm³/mol. The van der Waals surface area contributed by atoms with Crippen molar-refractivity contribution >= 4 is 33.8 Å². The zero-order valence-electron chi connectivity index (χ0n) is 9.49. The van der Waals surface area contributed by atoms with Crippen LogP contribution in [0.4, 0.5) is 13.2 Å². The Morgan fingerprint density at radius 1 is 0.895 bits per heavy atom. The minimum atomic E-state index is -4.37. The second kappa shape index (κ2) is 4.22. The zero-order chi connectivity index (χ0) is 13.6. The van der Waals surface area contributed by atoms with E-state index in [1.54, 1.807) is 24.3 Å². The molecule has 1 heterocycles. The fourth-order valence-corrected chi connectivity index (χ4v) is 4.31. The van der Waals surface area contributed by atoms with Crippen LogP contribution in [-0.2, 0) is 6.18 Å². The third-order valence-electron chi connectivity index (χ3n) is 2.91. The molecular formula is C14H7F3OSe. The fraction of sp³-hybridized carbons (Fsp3) is 0.0714. The summed E-state index contributed by atoms with van der Waals surface area (Å²) in [5, 5.41) is 1.00. The van der Waals surface area contributed by atoms with Crippen molar-refractivity contribution < 1.29 is 13.2 Å². The van der Waals surface area contributed by atoms with Crippen LogP contribution >= 0.6 is 0 Å². The van der Waals surface area contributed by atoms with Crippen molar-refractivity contribution in [3.8, 4) is 0 Å². The molecule has 0 N–H and O–H groups in total. The van der Waals surface area contributed by atoms with Crippen molar-refractivity contribution in [2.45, 2.75) is 6.18 Å². The van der Waals surface area contributed by atoms with E-state index in [0.717, 1.165) is 16.4 Å². The summed E-state index contributed by atoms with van der Waals surface area (Å²) in [6, 6.07) is 10.5. The van der Waals surface area contributed by atoms with Crippen LogP contribution in [0.1, 0.15) is 5.56 Å². The second-order valence-electron chi connectivity index (χ2n) is 4.14. The number of fused-ring (bicyclic) bond motifs is 2. The molecule has 19 heavy (non-hydrogen) atoms. The molecule has 0 saturated carbocycles. The van der Waals surface area contributed by atoms with E-state index in [9.17, 15) is 18.0 Å². The van der Waals surface area contributed by atoms with Crippen molar-refractivity contribution in [2.24, 2.45) is 0 Å². The Labute approximate surface area is 112 Å². The summed E-state index contributed by atoms with van der Waals surface area (Å²) in [7, 11) is 0. The van der Waals surface area contributed by atoms with Crippen LogP contribution in [0.5, 0.6) is 0 Å². The van der Waals surface area contributed by atoms with Crippen LogP contribution in [0.15, 0.2) is 47.3 Å². The van der Waals surface area contributed by atoms with E-state index in [0.29, 0.717) is 15.0 Å². The van der Waals surface area contributed by atoms with Gasteiger partial charge in [0.1, 0.15) is 0 Å². The van der Waals surface area contributed by atoms with Gasteiger partial charge in [-0.25, -0.2) is 0 Å². The molecule has 0 atom stereocenters. The molecule has 3 aromatic rings. The van der Waals surface area contributed by atoms with Gasteiger partial charge in [0, 0.05) is 0 Å². The molecule has 0 amide bonds. The molecule has 0 aliphatic heterocycles. The third-order valence-corrected chi connectivity index (χ3v) is 5.28. The monoisotopic (exact) mass is 328 g/mol. The third kappa shape index (κ3) is 2.09. The Bertz CT molecular complexity index is 833. The van der Waals surface area contributed by atoms with Gasteiger partial charge in [0.25, 0.3) is 0 Å². The Morgan fingerprint density at radius 3 is 2.32 bits per heavy atom.